The van der Waals surface area contributed by atoms with E-state index in [1.807, 2.05) is 27.7 Å². The summed E-state index contributed by atoms with van der Waals surface area (Å²) in [7, 11) is 0. The van der Waals surface area contributed by atoms with E-state index in [9.17, 15) is 9.59 Å². The lowest BCUT2D eigenvalue weighted by Crippen LogP contribution is -2.40. The number of alkyl carbamates (subject to hydrolysis) is 1. The lowest BCUT2D eigenvalue weighted by Gasteiger charge is -2.17. The third-order valence-corrected chi connectivity index (χ3v) is 2.15. The van der Waals surface area contributed by atoms with Gasteiger partial charge in [-0.05, 0) is 27.7 Å². The number of hydrogen-bond donors (Lipinski definition) is 2. The Balaban J connectivity index is 3.85. The highest BCUT2D eigenvalue weighted by Gasteiger charge is 2.13. The van der Waals surface area contributed by atoms with Gasteiger partial charge in [0.2, 0.25) is 5.91 Å². The monoisotopic (exact) mass is 290 g/mol. The summed E-state index contributed by atoms with van der Waals surface area (Å²) in [5.41, 5.74) is 0. The molecule has 0 saturated carbocycles. The molecule has 0 aliphatic carbocycles. The maximum absolute atomic E-state index is 11.4. The normalized spacial score (nSPS) is 12.1. The summed E-state index contributed by atoms with van der Waals surface area (Å²) in [6, 6.07) is 0.0360. The molecule has 0 heterocycles. The molecule has 0 aliphatic heterocycles. The molecule has 0 aromatic rings. The smallest absolute Gasteiger partial charge is 0.407 e. The third-order valence-electron chi connectivity index (χ3n) is 2.15. The van der Waals surface area contributed by atoms with Crippen molar-refractivity contribution < 1.29 is 23.8 Å². The molecule has 0 aromatic heterocycles. The maximum Gasteiger partial charge on any atom is 0.407 e. The van der Waals surface area contributed by atoms with Gasteiger partial charge in [-0.25, -0.2) is 4.79 Å². The topological polar surface area (TPSA) is 85.9 Å². The zero-order valence-electron chi connectivity index (χ0n) is 12.7. The highest BCUT2D eigenvalue weighted by atomic mass is 16.6. The Bertz CT molecular complexity index is 284. The van der Waals surface area contributed by atoms with Crippen LogP contribution in [0.5, 0.6) is 0 Å². The fourth-order valence-electron chi connectivity index (χ4n) is 1.37. The van der Waals surface area contributed by atoms with Gasteiger partial charge in [0.1, 0.15) is 19.3 Å². The number of amides is 2. The van der Waals surface area contributed by atoms with Gasteiger partial charge in [0, 0.05) is 19.3 Å². The summed E-state index contributed by atoms with van der Waals surface area (Å²) >= 11 is 0. The molecule has 7 heteroatoms. The standard InChI is InChI=1S/C13H26N2O5/c1-5-18-8-11(19-6-2)9-20-13(17)14-7-12(16)15-10(3)4/h10-11H,5-9H2,1-4H3,(H,14,17)(H,15,16). The molecule has 0 fully saturated rings. The van der Waals surface area contributed by atoms with Gasteiger partial charge in [-0.3, -0.25) is 4.79 Å². The number of carbonyl (C=O) groups excluding carboxylic acids is 2. The molecule has 2 N–H and O–H groups in total. The SMILES string of the molecule is CCOCC(COC(=O)NCC(=O)NC(C)C)OCC. The average molecular weight is 290 g/mol. The van der Waals surface area contributed by atoms with Gasteiger partial charge in [-0.15, -0.1) is 0 Å². The van der Waals surface area contributed by atoms with Crippen molar-refractivity contribution in [3.05, 3.63) is 0 Å². The summed E-state index contributed by atoms with van der Waals surface area (Å²) in [6.07, 6.45) is -0.944. The van der Waals surface area contributed by atoms with Crippen molar-refractivity contribution >= 4 is 12.0 Å². The van der Waals surface area contributed by atoms with Crippen molar-refractivity contribution in [2.75, 3.05) is 33.0 Å². The Hall–Kier alpha value is -1.34. The Kier molecular flexibility index (Phi) is 10.7. The molecule has 0 aromatic carbocycles. The first-order valence-electron chi connectivity index (χ1n) is 6.88. The van der Waals surface area contributed by atoms with E-state index in [2.05, 4.69) is 10.6 Å². The molecule has 1 unspecified atom stereocenters. The van der Waals surface area contributed by atoms with Gasteiger partial charge >= 0.3 is 6.09 Å². The van der Waals surface area contributed by atoms with Gasteiger partial charge < -0.3 is 24.8 Å². The molecular weight excluding hydrogens is 264 g/mol. The maximum atomic E-state index is 11.4. The number of nitrogens with one attached hydrogen (secondary N) is 2. The van der Waals surface area contributed by atoms with Crippen LogP contribution in [0.15, 0.2) is 0 Å². The van der Waals surface area contributed by atoms with E-state index >= 15 is 0 Å². The molecule has 7 nitrogen and oxygen atoms in total. The van der Waals surface area contributed by atoms with Gasteiger partial charge in [0.25, 0.3) is 0 Å². The second-order valence-electron chi connectivity index (χ2n) is 4.41. The molecule has 0 radical (unpaired) electrons. The minimum Gasteiger partial charge on any atom is -0.447 e. The molecule has 0 aliphatic rings. The lowest BCUT2D eigenvalue weighted by molar-refractivity contribution is -0.120. The Morgan fingerprint density at radius 2 is 1.80 bits per heavy atom. The van der Waals surface area contributed by atoms with Crippen molar-refractivity contribution in [2.45, 2.75) is 39.8 Å². The van der Waals surface area contributed by atoms with E-state index in [-0.39, 0.29) is 31.2 Å². The summed E-state index contributed by atoms with van der Waals surface area (Å²) in [5.74, 6) is -0.257. The molecule has 2 amide bonds. The van der Waals surface area contributed by atoms with E-state index < -0.39 is 6.09 Å². The molecule has 0 rings (SSSR count). The number of rotatable bonds is 10. The minimum atomic E-state index is -0.648. The van der Waals surface area contributed by atoms with Crippen LogP contribution < -0.4 is 10.6 Å². The zero-order valence-corrected chi connectivity index (χ0v) is 12.7. The third kappa shape index (κ3) is 10.6. The predicted molar refractivity (Wildman–Crippen MR) is 74.5 cm³/mol. The Morgan fingerprint density at radius 3 is 2.35 bits per heavy atom. The van der Waals surface area contributed by atoms with Crippen LogP contribution in [-0.2, 0) is 19.0 Å². The first-order chi connectivity index (χ1) is 9.49. The van der Waals surface area contributed by atoms with E-state index in [0.717, 1.165) is 0 Å². The van der Waals surface area contributed by atoms with Crippen LogP contribution in [0.25, 0.3) is 0 Å². The van der Waals surface area contributed by atoms with Gasteiger partial charge in [0.15, 0.2) is 0 Å². The summed E-state index contributed by atoms with van der Waals surface area (Å²) in [4.78, 5) is 22.7. The van der Waals surface area contributed by atoms with Crippen LogP contribution in [0.3, 0.4) is 0 Å². The van der Waals surface area contributed by atoms with Crippen molar-refractivity contribution in [3.63, 3.8) is 0 Å². The summed E-state index contributed by atoms with van der Waals surface area (Å²) < 4.78 is 15.6. The molecule has 20 heavy (non-hydrogen) atoms. The van der Waals surface area contributed by atoms with Gasteiger partial charge in [-0.2, -0.15) is 0 Å². The van der Waals surface area contributed by atoms with Crippen molar-refractivity contribution in [2.24, 2.45) is 0 Å². The number of hydrogen-bond acceptors (Lipinski definition) is 5. The van der Waals surface area contributed by atoms with Crippen LogP contribution in [-0.4, -0.2) is 57.1 Å². The van der Waals surface area contributed by atoms with Crippen molar-refractivity contribution in [1.29, 1.82) is 0 Å². The minimum absolute atomic E-state index is 0.0360. The molecule has 0 saturated heterocycles. The van der Waals surface area contributed by atoms with Crippen LogP contribution >= 0.6 is 0 Å². The Morgan fingerprint density at radius 1 is 1.10 bits per heavy atom. The van der Waals surface area contributed by atoms with Crippen LogP contribution in [0.1, 0.15) is 27.7 Å². The quantitative estimate of drug-likeness (QED) is 0.618. The Labute approximate surface area is 120 Å². The molecule has 0 bridgehead atoms. The average Bonchev–Trinajstić information content (AvgIpc) is 2.38. The van der Waals surface area contributed by atoms with E-state index in [1.54, 1.807) is 0 Å². The van der Waals surface area contributed by atoms with Crippen LogP contribution in [0.2, 0.25) is 0 Å². The van der Waals surface area contributed by atoms with Gasteiger partial charge in [-0.1, -0.05) is 0 Å². The molecule has 0 spiro atoms. The number of ether oxygens (including phenoxy) is 3. The van der Waals surface area contributed by atoms with E-state index in [1.165, 1.54) is 0 Å². The summed E-state index contributed by atoms with van der Waals surface area (Å²) in [6.45, 7) is 8.86. The fourth-order valence-corrected chi connectivity index (χ4v) is 1.37. The molecule has 118 valence electrons. The fraction of sp³-hybridized carbons (Fsp3) is 0.846. The summed E-state index contributed by atoms with van der Waals surface area (Å²) in [5, 5.41) is 5.03. The van der Waals surface area contributed by atoms with Crippen molar-refractivity contribution in [1.82, 2.24) is 10.6 Å². The second kappa shape index (κ2) is 11.5. The molecule has 1 atom stereocenters. The number of carbonyl (C=O) groups is 2. The zero-order chi connectivity index (χ0) is 15.4. The predicted octanol–water partition coefficient (Wildman–Crippen LogP) is 0.679. The lowest BCUT2D eigenvalue weighted by atomic mass is 10.4. The van der Waals surface area contributed by atoms with Gasteiger partial charge in [0.05, 0.1) is 6.61 Å². The van der Waals surface area contributed by atoms with E-state index in [0.29, 0.717) is 19.8 Å². The van der Waals surface area contributed by atoms with E-state index in [4.69, 9.17) is 14.2 Å². The highest BCUT2D eigenvalue weighted by Crippen LogP contribution is 1.95. The first kappa shape index (κ1) is 18.7. The molecular formula is C13H26N2O5. The van der Waals surface area contributed by atoms with Crippen molar-refractivity contribution in [3.8, 4) is 0 Å². The highest BCUT2D eigenvalue weighted by molar-refractivity contribution is 5.82. The largest absolute Gasteiger partial charge is 0.447 e. The first-order valence-corrected chi connectivity index (χ1v) is 6.88. The van der Waals surface area contributed by atoms with Crippen LogP contribution in [0.4, 0.5) is 4.79 Å². The van der Waals surface area contributed by atoms with Crippen LogP contribution in [0, 0.1) is 0 Å². The second-order valence-corrected chi connectivity index (χ2v) is 4.41.